The summed E-state index contributed by atoms with van der Waals surface area (Å²) >= 11 is 0. The Hall–Kier alpha value is 0.0769. The summed E-state index contributed by atoms with van der Waals surface area (Å²) in [4.78, 5) is 21.4. The zero-order valence-electron chi connectivity index (χ0n) is 16.1. The van der Waals surface area contributed by atoms with Gasteiger partial charge in [0.25, 0.3) is 0 Å². The number of hydrogen-bond acceptors (Lipinski definition) is 5. The predicted molar refractivity (Wildman–Crippen MR) is 86.4 cm³/mol. The Kier molecular flexibility index (Phi) is 12.1. The fourth-order valence-corrected chi connectivity index (χ4v) is 2.52. The molecule has 1 rings (SSSR count). The average Bonchev–Trinajstić information content (AvgIpc) is 2.42. The van der Waals surface area contributed by atoms with Gasteiger partial charge in [-0.15, -0.1) is 0 Å². The Bertz CT molecular complexity index is 603. The standard InChI is InChI=1S/C17H24O5Si.2Na/c1-17(2,3)23(4,5)22-11-13-8-6-12(7-9-13)10-14(15(18)19)16(20)21;;/h6-10H,11H2,1-5H3,(H,18,19)(H,20,21);;/q;2*+1/p-2. The van der Waals surface area contributed by atoms with E-state index in [1.54, 1.807) is 24.3 Å². The quantitative estimate of drug-likeness (QED) is 0.214. The molecular weight excluding hydrogens is 358 g/mol. The summed E-state index contributed by atoms with van der Waals surface area (Å²) < 4.78 is 6.09. The minimum atomic E-state index is -1.84. The maximum Gasteiger partial charge on any atom is 1.00 e. The first-order valence-electron chi connectivity index (χ1n) is 7.31. The second kappa shape index (κ2) is 11.0. The van der Waals surface area contributed by atoms with E-state index in [2.05, 4.69) is 33.9 Å². The van der Waals surface area contributed by atoms with Gasteiger partial charge in [0, 0.05) is 5.57 Å². The van der Waals surface area contributed by atoms with E-state index >= 15 is 0 Å². The molecule has 0 N–H and O–H groups in total. The minimum Gasteiger partial charge on any atom is -0.545 e. The van der Waals surface area contributed by atoms with E-state index in [0.29, 0.717) is 12.2 Å². The normalized spacial score (nSPS) is 10.9. The monoisotopic (exact) mass is 380 g/mol. The van der Waals surface area contributed by atoms with Crippen LogP contribution in [0.1, 0.15) is 31.9 Å². The van der Waals surface area contributed by atoms with Crippen molar-refractivity contribution in [2.24, 2.45) is 0 Å². The first-order chi connectivity index (χ1) is 10.4. The fourth-order valence-electron chi connectivity index (χ4n) is 1.56. The third kappa shape index (κ3) is 8.54. The van der Waals surface area contributed by atoms with Gasteiger partial charge in [-0.25, -0.2) is 0 Å². The van der Waals surface area contributed by atoms with E-state index in [1.165, 1.54) is 0 Å². The average molecular weight is 380 g/mol. The topological polar surface area (TPSA) is 89.5 Å². The first-order valence-corrected chi connectivity index (χ1v) is 10.2. The van der Waals surface area contributed by atoms with Crippen molar-refractivity contribution >= 4 is 26.3 Å². The number of rotatable bonds is 6. The molecule has 0 aliphatic heterocycles. The third-order valence-electron chi connectivity index (χ3n) is 4.14. The van der Waals surface area contributed by atoms with Crippen molar-refractivity contribution in [3.8, 4) is 0 Å². The van der Waals surface area contributed by atoms with Gasteiger partial charge in [0.05, 0.1) is 18.5 Å². The van der Waals surface area contributed by atoms with Crippen LogP contribution in [0.5, 0.6) is 0 Å². The summed E-state index contributed by atoms with van der Waals surface area (Å²) in [5, 5.41) is 21.5. The smallest absolute Gasteiger partial charge is 0.545 e. The molecule has 0 unspecified atom stereocenters. The molecule has 1 aromatic rings. The number of aliphatic carboxylic acids is 2. The molecule has 0 aromatic heterocycles. The maximum absolute atomic E-state index is 10.7. The molecule has 0 radical (unpaired) electrons. The van der Waals surface area contributed by atoms with E-state index in [-0.39, 0.29) is 64.2 Å². The van der Waals surface area contributed by atoms with Crippen molar-refractivity contribution in [2.45, 2.75) is 45.5 Å². The van der Waals surface area contributed by atoms with Crippen LogP contribution in [0.4, 0.5) is 0 Å². The van der Waals surface area contributed by atoms with Crippen LogP contribution in [-0.4, -0.2) is 20.3 Å². The summed E-state index contributed by atoms with van der Waals surface area (Å²) in [6.07, 6.45) is 1.02. The maximum atomic E-state index is 10.7. The molecule has 0 aliphatic rings. The van der Waals surface area contributed by atoms with E-state index < -0.39 is 25.8 Å². The van der Waals surface area contributed by atoms with Crippen LogP contribution in [-0.2, 0) is 20.6 Å². The van der Waals surface area contributed by atoms with Gasteiger partial charge >= 0.3 is 59.1 Å². The van der Waals surface area contributed by atoms with Crippen LogP contribution in [0.15, 0.2) is 29.8 Å². The molecule has 1 aromatic carbocycles. The number of hydrogen-bond donors (Lipinski definition) is 0. The molecule has 0 saturated carbocycles. The number of carboxylic acids is 2. The van der Waals surface area contributed by atoms with Gasteiger partial charge in [0.15, 0.2) is 8.32 Å². The zero-order valence-corrected chi connectivity index (χ0v) is 21.1. The number of carbonyl (C=O) groups excluding carboxylic acids is 2. The number of carbonyl (C=O) groups is 2. The van der Waals surface area contributed by atoms with Gasteiger partial charge in [-0.05, 0) is 35.3 Å². The second-order valence-electron chi connectivity index (χ2n) is 6.92. The Morgan fingerprint density at radius 3 is 1.84 bits per heavy atom. The van der Waals surface area contributed by atoms with Crippen LogP contribution in [0.3, 0.4) is 0 Å². The van der Waals surface area contributed by atoms with Gasteiger partial charge in [-0.2, -0.15) is 0 Å². The largest absolute Gasteiger partial charge is 1.00 e. The van der Waals surface area contributed by atoms with Crippen molar-refractivity contribution in [3.63, 3.8) is 0 Å². The summed E-state index contributed by atoms with van der Waals surface area (Å²) in [6.45, 7) is 11.3. The first kappa shape index (κ1) is 27.3. The predicted octanol–water partition coefficient (Wildman–Crippen LogP) is -4.90. The molecule has 0 amide bonds. The second-order valence-corrected chi connectivity index (χ2v) is 11.7. The van der Waals surface area contributed by atoms with Gasteiger partial charge in [0.1, 0.15) is 0 Å². The van der Waals surface area contributed by atoms with Crippen LogP contribution in [0.2, 0.25) is 18.1 Å². The minimum absolute atomic E-state index is 0. The molecule has 5 nitrogen and oxygen atoms in total. The summed E-state index contributed by atoms with van der Waals surface area (Å²) in [6, 6.07) is 6.83. The van der Waals surface area contributed by atoms with E-state index in [4.69, 9.17) is 4.43 Å². The Labute approximate surface area is 194 Å². The molecule has 0 heterocycles. The molecule has 126 valence electrons. The molecule has 0 atom stereocenters. The van der Waals surface area contributed by atoms with E-state index in [0.717, 1.165) is 11.6 Å². The zero-order chi connectivity index (χ0) is 17.8. The van der Waals surface area contributed by atoms with Gasteiger partial charge in [0.2, 0.25) is 0 Å². The number of carboxylic acid groups (broad SMARTS) is 2. The van der Waals surface area contributed by atoms with Gasteiger partial charge in [-0.1, -0.05) is 45.0 Å². The van der Waals surface area contributed by atoms with Crippen molar-refractivity contribution in [2.75, 3.05) is 0 Å². The van der Waals surface area contributed by atoms with Crippen molar-refractivity contribution in [1.82, 2.24) is 0 Å². The van der Waals surface area contributed by atoms with Gasteiger partial charge in [-0.3, -0.25) is 0 Å². The van der Waals surface area contributed by atoms with E-state index in [9.17, 15) is 19.8 Å². The van der Waals surface area contributed by atoms with Crippen LogP contribution in [0.25, 0.3) is 6.08 Å². The summed E-state index contributed by atoms with van der Waals surface area (Å²) in [5.41, 5.74) is 0.509. The molecular formula is C17H22Na2O5Si. The summed E-state index contributed by atoms with van der Waals surface area (Å²) in [5.74, 6) is -3.54. The fraction of sp³-hybridized carbons (Fsp3) is 0.412. The molecule has 0 spiro atoms. The Morgan fingerprint density at radius 2 is 1.48 bits per heavy atom. The van der Waals surface area contributed by atoms with Crippen LogP contribution < -0.4 is 69.3 Å². The van der Waals surface area contributed by atoms with Crippen LogP contribution >= 0.6 is 0 Å². The third-order valence-corrected chi connectivity index (χ3v) is 8.61. The van der Waals surface area contributed by atoms with E-state index in [1.807, 2.05) is 0 Å². The molecule has 0 fully saturated rings. The van der Waals surface area contributed by atoms with Crippen molar-refractivity contribution in [3.05, 3.63) is 41.0 Å². The van der Waals surface area contributed by atoms with Crippen LogP contribution in [0, 0.1) is 0 Å². The molecule has 25 heavy (non-hydrogen) atoms. The Morgan fingerprint density at radius 1 is 1.04 bits per heavy atom. The molecule has 8 heteroatoms. The molecule has 0 aliphatic carbocycles. The SMILES string of the molecule is CC(C)(C)[Si](C)(C)OCc1ccc(C=C(C(=O)[O-])C(=O)[O-])cc1.[Na+].[Na+]. The van der Waals surface area contributed by atoms with Crippen molar-refractivity contribution in [1.29, 1.82) is 0 Å². The Balaban J connectivity index is 0. The van der Waals surface area contributed by atoms with Gasteiger partial charge < -0.3 is 24.2 Å². The molecule has 0 bridgehead atoms. The summed E-state index contributed by atoms with van der Waals surface area (Å²) in [7, 11) is -1.84. The number of benzene rings is 1. The molecule has 0 saturated heterocycles. The van der Waals surface area contributed by atoms with Crippen molar-refractivity contribution < 1.29 is 83.3 Å².